The molecule has 4 heteroatoms. The lowest BCUT2D eigenvalue weighted by Gasteiger charge is -2.10. The van der Waals surface area contributed by atoms with Crippen LogP contribution >= 0.6 is 0 Å². The standard InChI is InChI=1S/C14H19FO3/c1-18-14(17)6-4-2-3-5-13(16)11-7-9-12(15)10-8-11/h7-10,13,16H,2-6H2,1H3/t13-/m0/s1. The minimum atomic E-state index is -0.566. The quantitative estimate of drug-likeness (QED) is 0.601. The normalized spacial score (nSPS) is 12.2. The maximum absolute atomic E-state index is 12.7. The van der Waals surface area contributed by atoms with E-state index >= 15 is 0 Å². The van der Waals surface area contributed by atoms with Gasteiger partial charge in [-0.3, -0.25) is 4.79 Å². The summed E-state index contributed by atoms with van der Waals surface area (Å²) >= 11 is 0. The van der Waals surface area contributed by atoms with Gasteiger partial charge in [-0.1, -0.05) is 25.0 Å². The lowest BCUT2D eigenvalue weighted by atomic mass is 10.0. The predicted molar refractivity (Wildman–Crippen MR) is 66.5 cm³/mol. The number of benzene rings is 1. The van der Waals surface area contributed by atoms with Crippen molar-refractivity contribution in [2.45, 2.75) is 38.2 Å². The zero-order valence-electron chi connectivity index (χ0n) is 10.6. The predicted octanol–water partition coefficient (Wildman–Crippen LogP) is 2.98. The third-order valence-electron chi connectivity index (χ3n) is 2.84. The van der Waals surface area contributed by atoms with Gasteiger partial charge in [0.15, 0.2) is 0 Å². The van der Waals surface area contributed by atoms with Gasteiger partial charge in [0.25, 0.3) is 0 Å². The average Bonchev–Trinajstić information content (AvgIpc) is 2.38. The second kappa shape index (κ2) is 7.82. The first-order valence-corrected chi connectivity index (χ1v) is 6.14. The second-order valence-electron chi connectivity index (χ2n) is 4.24. The fourth-order valence-electron chi connectivity index (χ4n) is 1.74. The van der Waals surface area contributed by atoms with Gasteiger partial charge in [0.1, 0.15) is 5.82 Å². The molecule has 3 nitrogen and oxygen atoms in total. The lowest BCUT2D eigenvalue weighted by Crippen LogP contribution is -2.00. The van der Waals surface area contributed by atoms with Crippen LogP contribution in [0.4, 0.5) is 4.39 Å². The molecule has 0 aliphatic carbocycles. The van der Waals surface area contributed by atoms with Crippen molar-refractivity contribution in [1.82, 2.24) is 0 Å². The molecule has 0 heterocycles. The largest absolute Gasteiger partial charge is 0.469 e. The van der Waals surface area contributed by atoms with Crippen molar-refractivity contribution >= 4 is 5.97 Å². The van der Waals surface area contributed by atoms with E-state index in [2.05, 4.69) is 4.74 Å². The first-order valence-electron chi connectivity index (χ1n) is 6.14. The third-order valence-corrected chi connectivity index (χ3v) is 2.84. The zero-order valence-corrected chi connectivity index (χ0v) is 10.6. The molecule has 1 atom stereocenters. The maximum atomic E-state index is 12.7. The summed E-state index contributed by atoms with van der Waals surface area (Å²) in [6, 6.07) is 5.87. The van der Waals surface area contributed by atoms with Crippen LogP contribution in [-0.4, -0.2) is 18.2 Å². The smallest absolute Gasteiger partial charge is 0.305 e. The summed E-state index contributed by atoms with van der Waals surface area (Å²) in [5.74, 6) is -0.502. The molecule has 100 valence electrons. The minimum absolute atomic E-state index is 0.200. The molecule has 1 N–H and O–H groups in total. The molecular weight excluding hydrogens is 235 g/mol. The van der Waals surface area contributed by atoms with Gasteiger partial charge < -0.3 is 9.84 Å². The summed E-state index contributed by atoms with van der Waals surface area (Å²) in [7, 11) is 1.38. The summed E-state index contributed by atoms with van der Waals surface area (Å²) in [6.07, 6.45) is 2.94. The molecule has 18 heavy (non-hydrogen) atoms. The highest BCUT2D eigenvalue weighted by molar-refractivity contribution is 5.68. The van der Waals surface area contributed by atoms with E-state index in [1.165, 1.54) is 19.2 Å². The van der Waals surface area contributed by atoms with Gasteiger partial charge in [-0.2, -0.15) is 0 Å². The number of carbonyl (C=O) groups is 1. The fraction of sp³-hybridized carbons (Fsp3) is 0.500. The van der Waals surface area contributed by atoms with Crippen LogP contribution in [0.3, 0.4) is 0 Å². The number of methoxy groups -OCH3 is 1. The van der Waals surface area contributed by atoms with E-state index in [1.807, 2.05) is 0 Å². The van der Waals surface area contributed by atoms with Crippen molar-refractivity contribution in [3.05, 3.63) is 35.6 Å². The highest BCUT2D eigenvalue weighted by Gasteiger charge is 2.07. The van der Waals surface area contributed by atoms with E-state index in [1.54, 1.807) is 12.1 Å². The first kappa shape index (κ1) is 14.6. The van der Waals surface area contributed by atoms with Crippen LogP contribution in [0.5, 0.6) is 0 Å². The molecule has 0 fully saturated rings. The topological polar surface area (TPSA) is 46.5 Å². The van der Waals surface area contributed by atoms with Gasteiger partial charge in [0.05, 0.1) is 13.2 Å². The summed E-state index contributed by atoms with van der Waals surface area (Å²) < 4.78 is 17.2. The highest BCUT2D eigenvalue weighted by Crippen LogP contribution is 2.20. The summed E-state index contributed by atoms with van der Waals surface area (Å²) in [6.45, 7) is 0. The first-order chi connectivity index (χ1) is 8.63. The molecular formula is C14H19FO3. The highest BCUT2D eigenvalue weighted by atomic mass is 19.1. The number of carbonyl (C=O) groups excluding carboxylic acids is 1. The number of hydrogen-bond acceptors (Lipinski definition) is 3. The van der Waals surface area contributed by atoms with Gasteiger partial charge in [0.2, 0.25) is 0 Å². The number of hydrogen-bond donors (Lipinski definition) is 1. The third kappa shape index (κ3) is 5.27. The Morgan fingerprint density at radius 2 is 1.94 bits per heavy atom. The SMILES string of the molecule is COC(=O)CCCCC[C@H](O)c1ccc(F)cc1. The molecule has 1 aromatic rings. The van der Waals surface area contributed by atoms with Gasteiger partial charge in [-0.25, -0.2) is 4.39 Å². The Balaban J connectivity index is 2.19. The molecule has 0 unspecified atom stereocenters. The van der Waals surface area contributed by atoms with Crippen LogP contribution in [0, 0.1) is 5.82 Å². The van der Waals surface area contributed by atoms with E-state index in [9.17, 15) is 14.3 Å². The molecule has 0 amide bonds. The summed E-state index contributed by atoms with van der Waals surface area (Å²) in [5.41, 5.74) is 0.726. The van der Waals surface area contributed by atoms with Crippen LogP contribution in [0.2, 0.25) is 0 Å². The summed E-state index contributed by atoms with van der Waals surface area (Å²) in [4.78, 5) is 10.9. The molecule has 1 aromatic carbocycles. The van der Waals surface area contributed by atoms with Crippen molar-refractivity contribution in [1.29, 1.82) is 0 Å². The lowest BCUT2D eigenvalue weighted by molar-refractivity contribution is -0.140. The number of aliphatic hydroxyl groups is 1. The van der Waals surface area contributed by atoms with Crippen LogP contribution in [-0.2, 0) is 9.53 Å². The van der Waals surface area contributed by atoms with Gasteiger partial charge in [-0.15, -0.1) is 0 Å². The Morgan fingerprint density at radius 3 is 2.56 bits per heavy atom. The number of rotatable bonds is 7. The Bertz CT molecular complexity index is 362. The molecule has 0 saturated heterocycles. The number of halogens is 1. The second-order valence-corrected chi connectivity index (χ2v) is 4.24. The summed E-state index contributed by atoms with van der Waals surface area (Å²) in [5, 5.41) is 9.85. The van der Waals surface area contributed by atoms with Crippen molar-refractivity contribution in [2.75, 3.05) is 7.11 Å². The molecule has 0 aromatic heterocycles. The Kier molecular flexibility index (Phi) is 6.36. The number of aliphatic hydroxyl groups excluding tert-OH is 1. The monoisotopic (exact) mass is 254 g/mol. The number of esters is 1. The van der Waals surface area contributed by atoms with Crippen molar-refractivity contribution < 1.29 is 19.0 Å². The fourth-order valence-corrected chi connectivity index (χ4v) is 1.74. The van der Waals surface area contributed by atoms with Gasteiger partial charge in [-0.05, 0) is 30.5 Å². The molecule has 0 aliphatic heterocycles. The van der Waals surface area contributed by atoms with Crippen LogP contribution < -0.4 is 0 Å². The maximum Gasteiger partial charge on any atom is 0.305 e. The van der Waals surface area contributed by atoms with Gasteiger partial charge >= 0.3 is 5.97 Å². The van der Waals surface area contributed by atoms with E-state index in [0.29, 0.717) is 12.8 Å². The molecule has 0 spiro atoms. The Labute approximate surface area is 107 Å². The zero-order chi connectivity index (χ0) is 13.4. The van der Waals surface area contributed by atoms with Crippen LogP contribution in [0.15, 0.2) is 24.3 Å². The number of unbranched alkanes of at least 4 members (excludes halogenated alkanes) is 2. The van der Waals surface area contributed by atoms with E-state index in [-0.39, 0.29) is 11.8 Å². The van der Waals surface area contributed by atoms with Gasteiger partial charge in [0, 0.05) is 6.42 Å². The molecule has 1 rings (SSSR count). The molecule has 0 aliphatic rings. The number of ether oxygens (including phenoxy) is 1. The molecule has 0 saturated carbocycles. The van der Waals surface area contributed by atoms with Crippen LogP contribution in [0.25, 0.3) is 0 Å². The Morgan fingerprint density at radius 1 is 1.28 bits per heavy atom. The van der Waals surface area contributed by atoms with Crippen LogP contribution in [0.1, 0.15) is 43.8 Å². The van der Waals surface area contributed by atoms with E-state index in [4.69, 9.17) is 0 Å². The molecule has 0 bridgehead atoms. The molecule has 0 radical (unpaired) electrons. The van der Waals surface area contributed by atoms with Crippen molar-refractivity contribution in [3.63, 3.8) is 0 Å². The average molecular weight is 254 g/mol. The van der Waals surface area contributed by atoms with Crippen molar-refractivity contribution in [3.8, 4) is 0 Å². The Hall–Kier alpha value is -1.42. The minimum Gasteiger partial charge on any atom is -0.469 e. The van der Waals surface area contributed by atoms with E-state index < -0.39 is 6.10 Å². The van der Waals surface area contributed by atoms with E-state index in [0.717, 1.165) is 24.8 Å². The van der Waals surface area contributed by atoms with Crippen molar-refractivity contribution in [2.24, 2.45) is 0 Å².